The largest absolute Gasteiger partial charge is 0.392 e. The quantitative estimate of drug-likeness (QED) is 0.916. The van der Waals surface area contributed by atoms with Gasteiger partial charge < -0.3 is 14.5 Å². The molecule has 0 saturated carbocycles. The summed E-state index contributed by atoms with van der Waals surface area (Å²) in [7, 11) is 0. The van der Waals surface area contributed by atoms with Crippen LogP contribution in [0.5, 0.6) is 0 Å². The van der Waals surface area contributed by atoms with Gasteiger partial charge in [-0.05, 0) is 29.9 Å². The third kappa shape index (κ3) is 3.67. The summed E-state index contributed by atoms with van der Waals surface area (Å²) in [4.78, 5) is 14.4. The van der Waals surface area contributed by atoms with Crippen molar-refractivity contribution in [1.29, 1.82) is 0 Å². The van der Waals surface area contributed by atoms with Gasteiger partial charge in [0.1, 0.15) is 5.76 Å². The number of likely N-dealkylation sites (tertiary alicyclic amines) is 1. The van der Waals surface area contributed by atoms with E-state index in [4.69, 9.17) is 4.52 Å². The summed E-state index contributed by atoms with van der Waals surface area (Å²) >= 11 is 0. The van der Waals surface area contributed by atoms with E-state index in [9.17, 15) is 9.90 Å². The number of amides is 1. The van der Waals surface area contributed by atoms with Crippen LogP contribution in [0.15, 0.2) is 34.9 Å². The molecule has 1 fully saturated rings. The Bertz CT molecular complexity index is 708. The fraction of sp³-hybridized carbons (Fsp3) is 0.474. The van der Waals surface area contributed by atoms with E-state index in [2.05, 4.69) is 11.2 Å². The zero-order valence-electron chi connectivity index (χ0n) is 14.2. The number of nitrogens with zero attached hydrogens (tertiary/aromatic N) is 2. The van der Waals surface area contributed by atoms with Gasteiger partial charge in [-0.1, -0.05) is 43.3 Å². The summed E-state index contributed by atoms with van der Waals surface area (Å²) in [6, 6.07) is 9.77. The number of hydrogen-bond acceptors (Lipinski definition) is 4. The Balaban J connectivity index is 1.60. The monoisotopic (exact) mass is 328 g/mol. The number of carbonyl (C=O) groups excluding carboxylic acids is 1. The van der Waals surface area contributed by atoms with Crippen molar-refractivity contribution in [2.45, 2.75) is 39.2 Å². The van der Waals surface area contributed by atoms with E-state index in [0.29, 0.717) is 11.6 Å². The summed E-state index contributed by atoms with van der Waals surface area (Å²) in [6.07, 6.45) is 1.91. The molecule has 1 aliphatic heterocycles. The average Bonchev–Trinajstić information content (AvgIpc) is 3.24. The minimum atomic E-state index is -0.0442. The van der Waals surface area contributed by atoms with Crippen LogP contribution in [0, 0.1) is 5.92 Å². The molecule has 2 aromatic rings. The number of benzene rings is 1. The van der Waals surface area contributed by atoms with Crippen LogP contribution >= 0.6 is 0 Å². The molecule has 0 radical (unpaired) electrons. The Morgan fingerprint density at radius 1 is 1.38 bits per heavy atom. The van der Waals surface area contributed by atoms with Gasteiger partial charge in [0.15, 0.2) is 5.69 Å². The van der Waals surface area contributed by atoms with E-state index in [-0.39, 0.29) is 18.4 Å². The number of aromatic nitrogens is 1. The van der Waals surface area contributed by atoms with Gasteiger partial charge in [-0.2, -0.15) is 0 Å². The van der Waals surface area contributed by atoms with Crippen molar-refractivity contribution in [2.24, 2.45) is 5.92 Å². The van der Waals surface area contributed by atoms with Gasteiger partial charge in [-0.25, -0.2) is 0 Å². The molecule has 1 saturated heterocycles. The zero-order valence-corrected chi connectivity index (χ0v) is 14.2. The zero-order chi connectivity index (χ0) is 17.1. The fourth-order valence-corrected chi connectivity index (χ4v) is 3.20. The highest BCUT2D eigenvalue weighted by Crippen LogP contribution is 2.24. The molecule has 0 bridgehead atoms. The van der Waals surface area contributed by atoms with Gasteiger partial charge in [0.25, 0.3) is 5.91 Å². The number of rotatable bonds is 5. The van der Waals surface area contributed by atoms with Crippen LogP contribution in [0.2, 0.25) is 0 Å². The highest BCUT2D eigenvalue weighted by molar-refractivity contribution is 5.92. The summed E-state index contributed by atoms with van der Waals surface area (Å²) in [5.41, 5.74) is 2.55. The molecule has 2 heterocycles. The molecule has 5 heteroatoms. The maximum absolute atomic E-state index is 12.6. The number of carbonyl (C=O) groups is 1. The van der Waals surface area contributed by atoms with E-state index in [1.807, 2.05) is 36.9 Å². The van der Waals surface area contributed by atoms with Crippen molar-refractivity contribution in [3.8, 4) is 0 Å². The maximum atomic E-state index is 12.6. The molecule has 5 nitrogen and oxygen atoms in total. The predicted octanol–water partition coefficient (Wildman–Crippen LogP) is 3.00. The molecule has 0 aliphatic carbocycles. The van der Waals surface area contributed by atoms with Crippen molar-refractivity contribution < 1.29 is 14.4 Å². The molecule has 128 valence electrons. The average molecular weight is 328 g/mol. The van der Waals surface area contributed by atoms with Crippen LogP contribution in [0.4, 0.5) is 0 Å². The molecule has 1 amide bonds. The SMILES string of the molecule is CC(C)c1cc(C(=O)N2CC[C@H](Cc3cccc(CO)c3)C2)no1. The molecule has 1 aromatic heterocycles. The summed E-state index contributed by atoms with van der Waals surface area (Å²) < 4.78 is 5.23. The Morgan fingerprint density at radius 3 is 2.88 bits per heavy atom. The molecule has 1 atom stereocenters. The minimum absolute atomic E-state index is 0.0442. The molecule has 1 aliphatic rings. The molecule has 0 spiro atoms. The standard InChI is InChI=1S/C19H24N2O3/c1-13(2)18-10-17(20-24-18)19(23)21-7-6-15(11-21)8-14-4-3-5-16(9-14)12-22/h3-5,9-10,13,15,22H,6-8,11-12H2,1-2H3/t15-/m1/s1. The lowest BCUT2D eigenvalue weighted by Gasteiger charge is -2.15. The van der Waals surface area contributed by atoms with Crippen LogP contribution in [0.25, 0.3) is 0 Å². The molecule has 1 N–H and O–H groups in total. The lowest BCUT2D eigenvalue weighted by atomic mass is 9.97. The van der Waals surface area contributed by atoms with Gasteiger partial charge in [0.2, 0.25) is 0 Å². The Labute approximate surface area is 142 Å². The maximum Gasteiger partial charge on any atom is 0.276 e. The van der Waals surface area contributed by atoms with Crippen LogP contribution < -0.4 is 0 Å². The van der Waals surface area contributed by atoms with Crippen molar-refractivity contribution in [3.05, 3.63) is 52.9 Å². The molecule has 24 heavy (non-hydrogen) atoms. The van der Waals surface area contributed by atoms with Crippen LogP contribution in [0.1, 0.15) is 53.6 Å². The topological polar surface area (TPSA) is 66.6 Å². The highest BCUT2D eigenvalue weighted by atomic mass is 16.5. The molecular weight excluding hydrogens is 304 g/mol. The number of aliphatic hydroxyl groups is 1. The normalized spacial score (nSPS) is 17.7. The first kappa shape index (κ1) is 16.7. The minimum Gasteiger partial charge on any atom is -0.392 e. The van der Waals surface area contributed by atoms with Crippen molar-refractivity contribution >= 4 is 5.91 Å². The highest BCUT2D eigenvalue weighted by Gasteiger charge is 2.29. The van der Waals surface area contributed by atoms with Crippen molar-refractivity contribution in [3.63, 3.8) is 0 Å². The second-order valence-electron chi connectivity index (χ2n) is 6.86. The lowest BCUT2D eigenvalue weighted by Crippen LogP contribution is -2.29. The molecule has 3 rings (SSSR count). The number of hydrogen-bond donors (Lipinski definition) is 1. The van der Waals surface area contributed by atoms with Crippen molar-refractivity contribution in [2.75, 3.05) is 13.1 Å². The third-order valence-electron chi connectivity index (χ3n) is 4.59. The van der Waals surface area contributed by atoms with E-state index in [1.165, 1.54) is 5.56 Å². The van der Waals surface area contributed by atoms with Crippen LogP contribution in [-0.4, -0.2) is 34.2 Å². The van der Waals surface area contributed by atoms with Gasteiger partial charge in [0.05, 0.1) is 6.61 Å². The molecule has 0 unspecified atom stereocenters. The van der Waals surface area contributed by atoms with Crippen LogP contribution in [-0.2, 0) is 13.0 Å². The second kappa shape index (κ2) is 7.18. The second-order valence-corrected chi connectivity index (χ2v) is 6.86. The van der Waals surface area contributed by atoms with Gasteiger partial charge >= 0.3 is 0 Å². The summed E-state index contributed by atoms with van der Waals surface area (Å²) in [6.45, 7) is 5.59. The smallest absolute Gasteiger partial charge is 0.276 e. The van der Waals surface area contributed by atoms with Gasteiger partial charge in [0, 0.05) is 25.1 Å². The first-order chi connectivity index (χ1) is 11.6. The summed E-state index contributed by atoms with van der Waals surface area (Å²) in [5.74, 6) is 1.37. The summed E-state index contributed by atoms with van der Waals surface area (Å²) in [5, 5.41) is 13.2. The fourth-order valence-electron chi connectivity index (χ4n) is 3.20. The predicted molar refractivity (Wildman–Crippen MR) is 90.7 cm³/mol. The Kier molecular flexibility index (Phi) is 5.00. The van der Waals surface area contributed by atoms with E-state index < -0.39 is 0 Å². The van der Waals surface area contributed by atoms with E-state index in [0.717, 1.165) is 37.3 Å². The van der Waals surface area contributed by atoms with Crippen LogP contribution in [0.3, 0.4) is 0 Å². The Morgan fingerprint density at radius 2 is 2.17 bits per heavy atom. The first-order valence-corrected chi connectivity index (χ1v) is 8.51. The first-order valence-electron chi connectivity index (χ1n) is 8.51. The molecular formula is C19H24N2O3. The lowest BCUT2D eigenvalue weighted by molar-refractivity contribution is 0.0776. The van der Waals surface area contributed by atoms with Gasteiger partial charge in [-0.3, -0.25) is 4.79 Å². The van der Waals surface area contributed by atoms with E-state index in [1.54, 1.807) is 6.07 Å². The Hall–Kier alpha value is -2.14. The van der Waals surface area contributed by atoms with E-state index >= 15 is 0 Å². The molecule has 1 aromatic carbocycles. The van der Waals surface area contributed by atoms with Crippen molar-refractivity contribution in [1.82, 2.24) is 10.1 Å². The number of aliphatic hydroxyl groups excluding tert-OH is 1. The third-order valence-corrected chi connectivity index (χ3v) is 4.59. The van der Waals surface area contributed by atoms with Gasteiger partial charge in [-0.15, -0.1) is 0 Å².